The Hall–Kier alpha value is -1.43. The molecule has 1 aromatic heterocycles. The Labute approximate surface area is 68.8 Å². The van der Waals surface area contributed by atoms with Crippen molar-refractivity contribution in [3.8, 4) is 0 Å². The molecule has 1 saturated heterocycles. The van der Waals surface area contributed by atoms with E-state index in [1.165, 1.54) is 11.2 Å². The van der Waals surface area contributed by atoms with Gasteiger partial charge in [0.05, 0.1) is 0 Å². The van der Waals surface area contributed by atoms with Crippen LogP contribution in [-0.2, 0) is 4.79 Å². The van der Waals surface area contributed by atoms with Crippen LogP contribution in [0.3, 0.4) is 0 Å². The van der Waals surface area contributed by atoms with Crippen molar-refractivity contribution < 1.29 is 4.79 Å². The molecule has 3 N–H and O–H groups in total. The maximum atomic E-state index is 11.2. The Kier molecular flexibility index (Phi) is 1.54. The van der Waals surface area contributed by atoms with Gasteiger partial charge < -0.3 is 5.73 Å². The molecule has 2 rings (SSSR count). The summed E-state index contributed by atoms with van der Waals surface area (Å²) in [7, 11) is 0. The summed E-state index contributed by atoms with van der Waals surface area (Å²) in [4.78, 5) is 16.6. The van der Waals surface area contributed by atoms with E-state index in [1.807, 2.05) is 0 Å². The minimum absolute atomic E-state index is 0.000694. The van der Waals surface area contributed by atoms with Crippen molar-refractivity contribution in [3.05, 3.63) is 6.33 Å². The predicted octanol–water partition coefficient (Wildman–Crippen LogP) is -1.13. The van der Waals surface area contributed by atoms with Crippen molar-refractivity contribution in [1.82, 2.24) is 15.2 Å². The zero-order chi connectivity index (χ0) is 8.55. The van der Waals surface area contributed by atoms with Crippen LogP contribution < -0.4 is 10.6 Å². The Morgan fingerprint density at radius 3 is 3.08 bits per heavy atom. The number of nitrogens with two attached hydrogens (primary N) is 1. The quantitative estimate of drug-likeness (QED) is 0.554. The number of nitrogens with one attached hydrogen (secondary N) is 1. The van der Waals surface area contributed by atoms with E-state index in [0.717, 1.165) is 0 Å². The number of amides is 1. The summed E-state index contributed by atoms with van der Waals surface area (Å²) in [6, 6.07) is -0.0809. The van der Waals surface area contributed by atoms with Gasteiger partial charge in [-0.2, -0.15) is 10.1 Å². The predicted molar refractivity (Wildman–Crippen MR) is 41.3 cm³/mol. The van der Waals surface area contributed by atoms with Gasteiger partial charge in [0.2, 0.25) is 11.9 Å². The molecule has 12 heavy (non-hydrogen) atoms. The SMILES string of the molecule is NC1CC(=O)N(c2ncn[nH]2)C1. The van der Waals surface area contributed by atoms with E-state index >= 15 is 0 Å². The van der Waals surface area contributed by atoms with Gasteiger partial charge in [-0.15, -0.1) is 0 Å². The molecule has 1 aromatic rings. The first kappa shape index (κ1) is 7.23. The molecule has 6 heteroatoms. The number of nitrogens with zero attached hydrogens (tertiary/aromatic N) is 3. The second-order valence-electron chi connectivity index (χ2n) is 2.78. The van der Waals surface area contributed by atoms with Crippen LogP contribution in [0.25, 0.3) is 0 Å². The largest absolute Gasteiger partial charge is 0.326 e. The molecule has 1 atom stereocenters. The smallest absolute Gasteiger partial charge is 0.231 e. The number of aromatic amines is 1. The van der Waals surface area contributed by atoms with Gasteiger partial charge in [0.25, 0.3) is 0 Å². The lowest BCUT2D eigenvalue weighted by molar-refractivity contribution is -0.117. The minimum Gasteiger partial charge on any atom is -0.326 e. The minimum atomic E-state index is -0.0809. The molecule has 1 aliphatic heterocycles. The highest BCUT2D eigenvalue weighted by Gasteiger charge is 2.29. The standard InChI is InChI=1S/C6H9N5O/c7-4-1-5(12)11(2-4)6-8-3-9-10-6/h3-4H,1-2,7H2,(H,8,9,10). The third-order valence-electron chi connectivity index (χ3n) is 1.81. The number of rotatable bonds is 1. The van der Waals surface area contributed by atoms with Gasteiger partial charge in [-0.05, 0) is 0 Å². The molecular formula is C6H9N5O. The van der Waals surface area contributed by atoms with Crippen LogP contribution >= 0.6 is 0 Å². The average Bonchev–Trinajstić information content (AvgIpc) is 2.58. The van der Waals surface area contributed by atoms with Crippen LogP contribution in [0.2, 0.25) is 0 Å². The van der Waals surface area contributed by atoms with Crippen LogP contribution in [0, 0.1) is 0 Å². The van der Waals surface area contributed by atoms with Crippen LogP contribution in [0.5, 0.6) is 0 Å². The molecule has 0 spiro atoms. The van der Waals surface area contributed by atoms with Gasteiger partial charge in [0.1, 0.15) is 6.33 Å². The van der Waals surface area contributed by atoms with Crippen LogP contribution in [0.4, 0.5) is 5.95 Å². The van der Waals surface area contributed by atoms with Crippen molar-refractivity contribution >= 4 is 11.9 Å². The fourth-order valence-electron chi connectivity index (χ4n) is 1.27. The fraction of sp³-hybridized carbons (Fsp3) is 0.500. The lowest BCUT2D eigenvalue weighted by atomic mass is 10.3. The lowest BCUT2D eigenvalue weighted by Crippen LogP contribution is -2.28. The number of carbonyl (C=O) groups is 1. The van der Waals surface area contributed by atoms with Gasteiger partial charge in [-0.25, -0.2) is 5.10 Å². The van der Waals surface area contributed by atoms with Crippen molar-refractivity contribution in [2.75, 3.05) is 11.4 Å². The van der Waals surface area contributed by atoms with Gasteiger partial charge in [0.15, 0.2) is 0 Å². The van der Waals surface area contributed by atoms with Crippen LogP contribution in [0.15, 0.2) is 6.33 Å². The number of aromatic nitrogens is 3. The first-order valence-electron chi connectivity index (χ1n) is 3.68. The van der Waals surface area contributed by atoms with Gasteiger partial charge in [0, 0.05) is 19.0 Å². The zero-order valence-electron chi connectivity index (χ0n) is 6.40. The Balaban J connectivity index is 2.21. The van der Waals surface area contributed by atoms with E-state index in [0.29, 0.717) is 18.9 Å². The van der Waals surface area contributed by atoms with Crippen molar-refractivity contribution in [3.63, 3.8) is 0 Å². The molecule has 1 unspecified atom stereocenters. The molecular weight excluding hydrogens is 158 g/mol. The van der Waals surface area contributed by atoms with Gasteiger partial charge >= 0.3 is 0 Å². The third kappa shape index (κ3) is 1.06. The summed E-state index contributed by atoms with van der Waals surface area (Å²) in [5.41, 5.74) is 5.60. The molecule has 0 bridgehead atoms. The lowest BCUT2D eigenvalue weighted by Gasteiger charge is -2.10. The Morgan fingerprint density at radius 1 is 1.75 bits per heavy atom. The first-order valence-corrected chi connectivity index (χ1v) is 3.68. The number of anilines is 1. The molecule has 0 aliphatic carbocycles. The summed E-state index contributed by atoms with van der Waals surface area (Å²) >= 11 is 0. The van der Waals surface area contributed by atoms with Crippen molar-refractivity contribution in [2.24, 2.45) is 5.73 Å². The number of carbonyl (C=O) groups excluding carboxylic acids is 1. The Morgan fingerprint density at radius 2 is 2.58 bits per heavy atom. The Bertz CT molecular complexity index is 282. The van der Waals surface area contributed by atoms with Crippen LogP contribution in [0.1, 0.15) is 6.42 Å². The topological polar surface area (TPSA) is 87.9 Å². The second-order valence-corrected chi connectivity index (χ2v) is 2.78. The molecule has 0 aromatic carbocycles. The number of hydrogen-bond acceptors (Lipinski definition) is 4. The molecule has 1 amide bonds. The van der Waals surface area contributed by atoms with E-state index in [2.05, 4.69) is 15.2 Å². The zero-order valence-corrected chi connectivity index (χ0v) is 6.40. The van der Waals surface area contributed by atoms with Crippen molar-refractivity contribution in [1.29, 1.82) is 0 Å². The van der Waals surface area contributed by atoms with Crippen LogP contribution in [-0.4, -0.2) is 33.7 Å². The summed E-state index contributed by atoms with van der Waals surface area (Å²) in [6.45, 7) is 0.522. The summed E-state index contributed by atoms with van der Waals surface area (Å²) in [6.07, 6.45) is 1.76. The van der Waals surface area contributed by atoms with E-state index in [1.54, 1.807) is 0 Å². The normalized spacial score (nSPS) is 23.6. The monoisotopic (exact) mass is 167 g/mol. The van der Waals surface area contributed by atoms with Crippen molar-refractivity contribution in [2.45, 2.75) is 12.5 Å². The fourth-order valence-corrected chi connectivity index (χ4v) is 1.27. The molecule has 0 saturated carbocycles. The summed E-state index contributed by atoms with van der Waals surface area (Å²) < 4.78 is 0. The van der Waals surface area contributed by atoms with E-state index < -0.39 is 0 Å². The molecule has 64 valence electrons. The van der Waals surface area contributed by atoms with E-state index in [-0.39, 0.29) is 11.9 Å². The van der Waals surface area contributed by atoms with E-state index in [4.69, 9.17) is 5.73 Å². The molecule has 0 radical (unpaired) electrons. The molecule has 2 heterocycles. The van der Waals surface area contributed by atoms with Gasteiger partial charge in [-0.3, -0.25) is 9.69 Å². The highest BCUT2D eigenvalue weighted by atomic mass is 16.2. The molecule has 1 aliphatic rings. The highest BCUT2D eigenvalue weighted by Crippen LogP contribution is 2.14. The molecule has 1 fully saturated rings. The third-order valence-corrected chi connectivity index (χ3v) is 1.81. The first-order chi connectivity index (χ1) is 5.77. The molecule has 6 nitrogen and oxygen atoms in total. The highest BCUT2D eigenvalue weighted by molar-refractivity contribution is 5.94. The van der Waals surface area contributed by atoms with Gasteiger partial charge in [-0.1, -0.05) is 0 Å². The van der Waals surface area contributed by atoms with E-state index in [9.17, 15) is 4.79 Å². The number of hydrogen-bond donors (Lipinski definition) is 2. The maximum absolute atomic E-state index is 11.2. The average molecular weight is 167 g/mol. The summed E-state index contributed by atoms with van der Waals surface area (Å²) in [5.74, 6) is 0.479. The summed E-state index contributed by atoms with van der Waals surface area (Å²) in [5, 5.41) is 6.27. The number of H-pyrrole nitrogens is 1. The second kappa shape index (κ2) is 2.56. The maximum Gasteiger partial charge on any atom is 0.231 e.